The fourth-order valence-corrected chi connectivity index (χ4v) is 4.29. The van der Waals surface area contributed by atoms with E-state index in [0.717, 1.165) is 50.4 Å². The maximum Gasteiger partial charge on any atom is 0.258 e. The van der Waals surface area contributed by atoms with Crippen molar-refractivity contribution in [2.45, 2.75) is 25.0 Å². The normalized spacial score (nSPS) is 20.9. The first-order valence-electron chi connectivity index (χ1n) is 9.63. The monoisotopic (exact) mass is 365 g/mol. The molecule has 140 valence electrons. The summed E-state index contributed by atoms with van der Waals surface area (Å²) in [5.41, 5.74) is 2.94. The van der Waals surface area contributed by atoms with Crippen LogP contribution in [0.25, 0.3) is 0 Å². The Morgan fingerprint density at radius 3 is 2.63 bits per heavy atom. The first kappa shape index (κ1) is 16.7. The van der Waals surface area contributed by atoms with Crippen molar-refractivity contribution in [2.24, 2.45) is 0 Å². The van der Waals surface area contributed by atoms with E-state index >= 15 is 0 Å². The fourth-order valence-electron chi connectivity index (χ4n) is 4.29. The molecular weight excluding hydrogens is 342 g/mol. The van der Waals surface area contributed by atoms with Crippen LogP contribution in [0, 0.1) is 0 Å². The van der Waals surface area contributed by atoms with Gasteiger partial charge in [0.25, 0.3) is 5.91 Å². The van der Waals surface area contributed by atoms with E-state index in [2.05, 4.69) is 16.0 Å². The molecule has 0 bridgehead atoms. The number of ether oxygens (including phenoxy) is 2. The Hall–Kier alpha value is -2.44. The van der Waals surface area contributed by atoms with Gasteiger partial charge in [-0.25, -0.2) is 4.98 Å². The number of carbonyl (C=O) groups excluding carboxylic acids is 1. The Bertz CT molecular complexity index is 853. The second-order valence-electron chi connectivity index (χ2n) is 7.33. The number of fused-ring (bicyclic) bond motifs is 1. The molecule has 1 aromatic carbocycles. The molecule has 0 radical (unpaired) electrons. The van der Waals surface area contributed by atoms with Crippen molar-refractivity contribution < 1.29 is 14.3 Å². The maximum absolute atomic E-state index is 13.1. The van der Waals surface area contributed by atoms with Gasteiger partial charge < -0.3 is 19.3 Å². The van der Waals surface area contributed by atoms with Crippen molar-refractivity contribution in [3.05, 3.63) is 53.7 Å². The van der Waals surface area contributed by atoms with Gasteiger partial charge >= 0.3 is 0 Å². The summed E-state index contributed by atoms with van der Waals surface area (Å²) in [6, 6.07) is 11.8. The third-order valence-electron chi connectivity index (χ3n) is 5.79. The molecule has 2 saturated heterocycles. The van der Waals surface area contributed by atoms with E-state index in [0.29, 0.717) is 18.8 Å². The Morgan fingerprint density at radius 1 is 1.04 bits per heavy atom. The van der Waals surface area contributed by atoms with Gasteiger partial charge in [0.2, 0.25) is 0 Å². The topological polar surface area (TPSA) is 54.9 Å². The van der Waals surface area contributed by atoms with Crippen LogP contribution in [0.2, 0.25) is 0 Å². The van der Waals surface area contributed by atoms with Gasteiger partial charge in [-0.2, -0.15) is 0 Å². The lowest BCUT2D eigenvalue weighted by Gasteiger charge is -2.38. The molecule has 5 rings (SSSR count). The van der Waals surface area contributed by atoms with Crippen LogP contribution in [-0.4, -0.2) is 49.5 Å². The lowest BCUT2D eigenvalue weighted by Crippen LogP contribution is -2.45. The third-order valence-corrected chi connectivity index (χ3v) is 5.79. The molecule has 6 heteroatoms. The van der Waals surface area contributed by atoms with Crippen LogP contribution < -0.4 is 9.80 Å². The van der Waals surface area contributed by atoms with E-state index in [-0.39, 0.29) is 5.91 Å². The number of amides is 1. The van der Waals surface area contributed by atoms with Gasteiger partial charge in [0, 0.05) is 49.9 Å². The van der Waals surface area contributed by atoms with Gasteiger partial charge in [-0.1, -0.05) is 18.2 Å². The minimum Gasteiger partial charge on any atom is -0.356 e. The highest BCUT2D eigenvalue weighted by molar-refractivity contribution is 6.07. The first-order valence-corrected chi connectivity index (χ1v) is 9.63. The predicted octanol–water partition coefficient (Wildman–Crippen LogP) is 2.63. The zero-order valence-corrected chi connectivity index (χ0v) is 15.3. The maximum atomic E-state index is 13.1. The van der Waals surface area contributed by atoms with E-state index in [9.17, 15) is 4.79 Å². The number of nitrogens with zero attached hydrogens (tertiary/aromatic N) is 3. The van der Waals surface area contributed by atoms with Gasteiger partial charge in [-0.05, 0) is 30.2 Å². The van der Waals surface area contributed by atoms with Crippen LogP contribution in [0.4, 0.5) is 11.5 Å². The van der Waals surface area contributed by atoms with Gasteiger partial charge in [-0.3, -0.25) is 4.79 Å². The molecule has 3 aliphatic heterocycles. The van der Waals surface area contributed by atoms with E-state index in [1.165, 1.54) is 5.56 Å². The van der Waals surface area contributed by atoms with E-state index in [4.69, 9.17) is 9.47 Å². The molecule has 0 aliphatic carbocycles. The lowest BCUT2D eigenvalue weighted by molar-refractivity contribution is -0.169. The van der Waals surface area contributed by atoms with E-state index < -0.39 is 5.79 Å². The van der Waals surface area contributed by atoms with Crippen molar-refractivity contribution in [1.29, 1.82) is 0 Å². The van der Waals surface area contributed by atoms with Crippen molar-refractivity contribution in [3.8, 4) is 0 Å². The van der Waals surface area contributed by atoms with Crippen molar-refractivity contribution >= 4 is 17.4 Å². The van der Waals surface area contributed by atoms with Crippen LogP contribution in [-0.2, 0) is 15.9 Å². The molecule has 27 heavy (non-hydrogen) atoms. The molecule has 0 atom stereocenters. The molecule has 0 unspecified atom stereocenters. The Labute approximate surface area is 158 Å². The Kier molecular flexibility index (Phi) is 4.10. The molecular formula is C21H23N3O3. The molecule has 2 aromatic rings. The van der Waals surface area contributed by atoms with Crippen molar-refractivity contribution in [1.82, 2.24) is 4.98 Å². The highest BCUT2D eigenvalue weighted by atomic mass is 16.7. The highest BCUT2D eigenvalue weighted by Gasteiger charge is 2.40. The number of benzene rings is 1. The lowest BCUT2D eigenvalue weighted by atomic mass is 10.0. The predicted molar refractivity (Wildman–Crippen MR) is 102 cm³/mol. The Balaban J connectivity index is 1.33. The minimum absolute atomic E-state index is 0.0412. The summed E-state index contributed by atoms with van der Waals surface area (Å²) >= 11 is 0. The summed E-state index contributed by atoms with van der Waals surface area (Å²) in [5.74, 6) is 0.490. The number of rotatable bonds is 2. The Morgan fingerprint density at radius 2 is 1.81 bits per heavy atom. The number of para-hydroxylation sites is 1. The SMILES string of the molecule is O=C(c1ccnc(N2CCC3(CC2)OCCO3)c1)N1CCc2ccccc21. The zero-order chi connectivity index (χ0) is 18.3. The summed E-state index contributed by atoms with van der Waals surface area (Å²) in [6.07, 6.45) is 4.30. The molecule has 0 N–H and O–H groups in total. The summed E-state index contributed by atoms with van der Waals surface area (Å²) in [4.78, 5) is 21.7. The quantitative estimate of drug-likeness (QED) is 0.819. The highest BCUT2D eigenvalue weighted by Crippen LogP contribution is 2.33. The average Bonchev–Trinajstić information content (AvgIpc) is 3.35. The summed E-state index contributed by atoms with van der Waals surface area (Å²) in [5, 5.41) is 0. The number of pyridine rings is 1. The third kappa shape index (κ3) is 2.99. The molecule has 6 nitrogen and oxygen atoms in total. The van der Waals surface area contributed by atoms with Crippen LogP contribution in [0.3, 0.4) is 0 Å². The van der Waals surface area contributed by atoms with E-state index in [1.54, 1.807) is 12.3 Å². The smallest absolute Gasteiger partial charge is 0.258 e. The van der Waals surface area contributed by atoms with Gasteiger partial charge in [0.05, 0.1) is 13.2 Å². The average molecular weight is 365 g/mol. The number of hydrogen-bond donors (Lipinski definition) is 0. The molecule has 1 amide bonds. The van der Waals surface area contributed by atoms with Crippen molar-refractivity contribution in [3.63, 3.8) is 0 Å². The van der Waals surface area contributed by atoms with E-state index in [1.807, 2.05) is 29.2 Å². The van der Waals surface area contributed by atoms with Gasteiger partial charge in [0.15, 0.2) is 5.79 Å². The summed E-state index contributed by atoms with van der Waals surface area (Å²) < 4.78 is 11.6. The number of hydrogen-bond acceptors (Lipinski definition) is 5. The summed E-state index contributed by atoms with van der Waals surface area (Å²) in [7, 11) is 0. The molecule has 0 saturated carbocycles. The molecule has 2 fully saturated rings. The fraction of sp³-hybridized carbons (Fsp3) is 0.429. The van der Waals surface area contributed by atoms with Gasteiger partial charge in [-0.15, -0.1) is 0 Å². The van der Waals surface area contributed by atoms with Crippen LogP contribution in [0.15, 0.2) is 42.6 Å². The van der Waals surface area contributed by atoms with Crippen LogP contribution in [0.1, 0.15) is 28.8 Å². The molecule has 1 spiro atoms. The second-order valence-corrected chi connectivity index (χ2v) is 7.33. The standard InChI is InChI=1S/C21H23N3O3/c25-20(24-10-6-16-3-1-2-4-18(16)24)17-5-9-22-19(15-17)23-11-7-21(8-12-23)26-13-14-27-21/h1-5,9,15H,6-8,10-14H2. The minimum atomic E-state index is -0.400. The number of piperidine rings is 1. The number of anilines is 2. The van der Waals surface area contributed by atoms with Gasteiger partial charge in [0.1, 0.15) is 5.82 Å². The largest absolute Gasteiger partial charge is 0.356 e. The summed E-state index contributed by atoms with van der Waals surface area (Å²) in [6.45, 7) is 3.73. The van der Waals surface area contributed by atoms with Crippen LogP contribution >= 0.6 is 0 Å². The number of aromatic nitrogens is 1. The number of carbonyl (C=O) groups is 1. The zero-order valence-electron chi connectivity index (χ0n) is 15.3. The molecule has 4 heterocycles. The van der Waals surface area contributed by atoms with Crippen LogP contribution in [0.5, 0.6) is 0 Å². The molecule has 3 aliphatic rings. The first-order chi connectivity index (χ1) is 13.2. The second kappa shape index (κ2) is 6.62. The van der Waals surface area contributed by atoms with Crippen molar-refractivity contribution in [2.75, 3.05) is 42.6 Å². The molecule has 1 aromatic heterocycles.